The van der Waals surface area contributed by atoms with Crippen molar-refractivity contribution < 1.29 is 0 Å². The Labute approximate surface area is 83.3 Å². The summed E-state index contributed by atoms with van der Waals surface area (Å²) in [6.45, 7) is 2.11. The van der Waals surface area contributed by atoms with Crippen LogP contribution in [0.5, 0.6) is 0 Å². The lowest BCUT2D eigenvalue weighted by molar-refractivity contribution is 1.36. The number of rotatable bonds is 4. The van der Waals surface area contributed by atoms with Gasteiger partial charge in [0.2, 0.25) is 0 Å². The molecule has 0 radical (unpaired) electrons. The van der Waals surface area contributed by atoms with Crippen LogP contribution in [0.15, 0.2) is 24.3 Å². The maximum absolute atomic E-state index is 5.57. The van der Waals surface area contributed by atoms with Crippen LogP contribution in [0.2, 0.25) is 0 Å². The summed E-state index contributed by atoms with van der Waals surface area (Å²) in [4.78, 5) is 0. The minimum absolute atomic E-state index is 0.747. The average Bonchev–Trinajstić information content (AvgIpc) is 2.09. The van der Waals surface area contributed by atoms with Gasteiger partial charge in [-0.1, -0.05) is 29.8 Å². The van der Waals surface area contributed by atoms with Gasteiger partial charge in [0.05, 0.1) is 0 Å². The molecule has 0 saturated carbocycles. The van der Waals surface area contributed by atoms with E-state index in [9.17, 15) is 0 Å². The highest BCUT2D eigenvalue weighted by Gasteiger charge is 1.91. The van der Waals surface area contributed by atoms with Crippen LogP contribution in [0.1, 0.15) is 11.1 Å². The van der Waals surface area contributed by atoms with E-state index < -0.39 is 0 Å². The minimum Gasteiger partial charge on any atom is -0.156 e. The van der Waals surface area contributed by atoms with Gasteiger partial charge in [-0.3, -0.25) is 0 Å². The molecular formula is C10H13ClS. The Bertz CT molecular complexity index is 218. The second-order valence-corrected chi connectivity index (χ2v) is 4.21. The lowest BCUT2D eigenvalue weighted by atomic mass is 10.2. The van der Waals surface area contributed by atoms with Gasteiger partial charge in [-0.05, 0) is 12.5 Å². The Morgan fingerprint density at radius 3 is 2.50 bits per heavy atom. The largest absolute Gasteiger partial charge is 0.156 e. The third-order valence-corrected chi connectivity index (χ3v) is 3.05. The van der Waals surface area contributed by atoms with Crippen LogP contribution in [-0.4, -0.2) is 11.6 Å². The van der Waals surface area contributed by atoms with Crippen molar-refractivity contribution in [3.63, 3.8) is 0 Å². The van der Waals surface area contributed by atoms with E-state index in [-0.39, 0.29) is 0 Å². The third-order valence-electron chi connectivity index (χ3n) is 1.61. The van der Waals surface area contributed by atoms with E-state index in [1.807, 2.05) is 11.8 Å². The normalized spacial score (nSPS) is 10.2. The number of halogens is 1. The Balaban J connectivity index is 2.37. The molecule has 12 heavy (non-hydrogen) atoms. The van der Waals surface area contributed by atoms with E-state index in [1.54, 1.807) is 0 Å². The molecule has 2 heteroatoms. The fourth-order valence-corrected chi connectivity index (χ4v) is 1.94. The molecular weight excluding hydrogens is 188 g/mol. The van der Waals surface area contributed by atoms with E-state index in [0.717, 1.165) is 17.4 Å². The summed E-state index contributed by atoms with van der Waals surface area (Å²) in [6.07, 6.45) is 0. The van der Waals surface area contributed by atoms with Crippen molar-refractivity contribution in [2.24, 2.45) is 0 Å². The van der Waals surface area contributed by atoms with E-state index in [0.29, 0.717) is 0 Å². The quantitative estimate of drug-likeness (QED) is 0.530. The third kappa shape index (κ3) is 3.51. The summed E-state index contributed by atoms with van der Waals surface area (Å²) in [5.74, 6) is 2.86. The molecule has 0 fully saturated rings. The standard InChI is InChI=1S/C10H13ClS/c1-9-2-4-10(5-3-9)8-12-7-6-11/h2-5H,6-8H2,1H3. The van der Waals surface area contributed by atoms with Crippen LogP contribution in [0.3, 0.4) is 0 Å². The highest BCUT2D eigenvalue weighted by molar-refractivity contribution is 7.98. The van der Waals surface area contributed by atoms with E-state index in [2.05, 4.69) is 31.2 Å². The maximum atomic E-state index is 5.57. The molecule has 0 aliphatic carbocycles. The second-order valence-electron chi connectivity index (χ2n) is 2.73. The molecule has 66 valence electrons. The molecule has 1 aromatic rings. The van der Waals surface area contributed by atoms with Crippen molar-refractivity contribution in [3.8, 4) is 0 Å². The lowest BCUT2D eigenvalue weighted by Gasteiger charge is -1.99. The van der Waals surface area contributed by atoms with Crippen LogP contribution in [0, 0.1) is 6.92 Å². The van der Waals surface area contributed by atoms with Crippen molar-refractivity contribution in [1.29, 1.82) is 0 Å². The zero-order chi connectivity index (χ0) is 8.81. The molecule has 0 aromatic heterocycles. The van der Waals surface area contributed by atoms with Gasteiger partial charge in [0.15, 0.2) is 0 Å². The number of alkyl halides is 1. The van der Waals surface area contributed by atoms with Crippen molar-refractivity contribution in [2.45, 2.75) is 12.7 Å². The monoisotopic (exact) mass is 200 g/mol. The van der Waals surface area contributed by atoms with Crippen LogP contribution in [0.4, 0.5) is 0 Å². The number of aryl methyl sites for hydroxylation is 1. The summed E-state index contributed by atoms with van der Waals surface area (Å²) in [6, 6.07) is 8.65. The van der Waals surface area contributed by atoms with Crippen molar-refractivity contribution in [1.82, 2.24) is 0 Å². The van der Waals surface area contributed by atoms with E-state index in [1.165, 1.54) is 11.1 Å². The van der Waals surface area contributed by atoms with E-state index in [4.69, 9.17) is 11.6 Å². The van der Waals surface area contributed by atoms with Crippen molar-refractivity contribution in [2.75, 3.05) is 11.6 Å². The van der Waals surface area contributed by atoms with Crippen molar-refractivity contribution in [3.05, 3.63) is 35.4 Å². The van der Waals surface area contributed by atoms with Gasteiger partial charge in [0.1, 0.15) is 0 Å². The predicted molar refractivity (Wildman–Crippen MR) is 58.1 cm³/mol. The molecule has 0 bridgehead atoms. The smallest absolute Gasteiger partial charge is 0.0314 e. The highest BCUT2D eigenvalue weighted by Crippen LogP contribution is 2.12. The van der Waals surface area contributed by atoms with Gasteiger partial charge >= 0.3 is 0 Å². The van der Waals surface area contributed by atoms with Crippen LogP contribution in [-0.2, 0) is 5.75 Å². The molecule has 0 N–H and O–H groups in total. The summed E-state index contributed by atoms with van der Waals surface area (Å²) >= 11 is 7.45. The first kappa shape index (κ1) is 9.94. The van der Waals surface area contributed by atoms with Gasteiger partial charge in [-0.15, -0.1) is 11.6 Å². The Morgan fingerprint density at radius 1 is 1.25 bits per heavy atom. The molecule has 0 saturated heterocycles. The molecule has 0 unspecified atom stereocenters. The van der Waals surface area contributed by atoms with Gasteiger partial charge in [0, 0.05) is 17.4 Å². The number of benzene rings is 1. The van der Waals surface area contributed by atoms with Gasteiger partial charge in [0.25, 0.3) is 0 Å². The molecule has 0 nitrogen and oxygen atoms in total. The first-order chi connectivity index (χ1) is 5.83. The topological polar surface area (TPSA) is 0 Å². The Morgan fingerprint density at radius 2 is 1.92 bits per heavy atom. The molecule has 0 aliphatic heterocycles. The summed E-state index contributed by atoms with van der Waals surface area (Å²) in [7, 11) is 0. The lowest BCUT2D eigenvalue weighted by Crippen LogP contribution is -1.84. The number of thioether (sulfide) groups is 1. The molecule has 0 amide bonds. The average molecular weight is 201 g/mol. The zero-order valence-electron chi connectivity index (χ0n) is 7.22. The second kappa shape index (κ2) is 5.50. The summed E-state index contributed by atoms with van der Waals surface area (Å²) < 4.78 is 0. The number of hydrogen-bond donors (Lipinski definition) is 0. The summed E-state index contributed by atoms with van der Waals surface area (Å²) in [5.41, 5.74) is 2.71. The molecule has 0 spiro atoms. The van der Waals surface area contributed by atoms with Crippen molar-refractivity contribution >= 4 is 23.4 Å². The first-order valence-corrected chi connectivity index (χ1v) is 5.71. The Hall–Kier alpha value is -0.140. The molecule has 0 heterocycles. The summed E-state index contributed by atoms with van der Waals surface area (Å²) in [5, 5.41) is 0. The molecule has 0 atom stereocenters. The zero-order valence-corrected chi connectivity index (χ0v) is 8.79. The highest BCUT2D eigenvalue weighted by atomic mass is 35.5. The fourth-order valence-electron chi connectivity index (χ4n) is 0.929. The van der Waals surface area contributed by atoms with E-state index >= 15 is 0 Å². The molecule has 0 aliphatic rings. The van der Waals surface area contributed by atoms with Gasteiger partial charge in [-0.2, -0.15) is 11.8 Å². The van der Waals surface area contributed by atoms with Gasteiger partial charge in [-0.25, -0.2) is 0 Å². The minimum atomic E-state index is 0.747. The predicted octanol–water partition coefficient (Wildman–Crippen LogP) is 3.47. The maximum Gasteiger partial charge on any atom is 0.0314 e. The molecule has 1 rings (SSSR count). The number of hydrogen-bond acceptors (Lipinski definition) is 1. The van der Waals surface area contributed by atoms with Crippen LogP contribution < -0.4 is 0 Å². The SMILES string of the molecule is Cc1ccc(CSCCCl)cc1. The van der Waals surface area contributed by atoms with Crippen LogP contribution in [0.25, 0.3) is 0 Å². The first-order valence-electron chi connectivity index (χ1n) is 4.02. The van der Waals surface area contributed by atoms with Crippen LogP contribution >= 0.6 is 23.4 Å². The van der Waals surface area contributed by atoms with Gasteiger partial charge < -0.3 is 0 Å². The Kier molecular flexibility index (Phi) is 4.55. The molecule has 1 aromatic carbocycles. The fraction of sp³-hybridized carbons (Fsp3) is 0.400.